The molecular weight excluding hydrogens is 256 g/mol. The first-order chi connectivity index (χ1) is 9.50. The lowest BCUT2D eigenvalue weighted by atomic mass is 9.81. The molecule has 1 aliphatic rings. The van der Waals surface area contributed by atoms with Gasteiger partial charge in [-0.3, -0.25) is 4.79 Å². The average Bonchev–Trinajstić information content (AvgIpc) is 3.05. The van der Waals surface area contributed by atoms with Crippen LogP contribution in [0.2, 0.25) is 0 Å². The SMILES string of the molecule is CC(=O)[C@@H]1[C@@H](c2ccco2)[C@H](c2ccco2)C[C@]1(C)O. The quantitative estimate of drug-likeness (QED) is 0.934. The third-order valence-corrected chi connectivity index (χ3v) is 4.31. The minimum Gasteiger partial charge on any atom is -0.469 e. The van der Waals surface area contributed by atoms with Crippen molar-refractivity contribution in [1.29, 1.82) is 0 Å². The van der Waals surface area contributed by atoms with Crippen LogP contribution in [0, 0.1) is 5.92 Å². The van der Waals surface area contributed by atoms with Crippen LogP contribution >= 0.6 is 0 Å². The fourth-order valence-corrected chi connectivity index (χ4v) is 3.63. The van der Waals surface area contributed by atoms with E-state index in [0.717, 1.165) is 11.5 Å². The van der Waals surface area contributed by atoms with Gasteiger partial charge in [0.25, 0.3) is 0 Å². The van der Waals surface area contributed by atoms with E-state index in [1.54, 1.807) is 25.5 Å². The third-order valence-electron chi connectivity index (χ3n) is 4.31. The third kappa shape index (κ3) is 2.00. The van der Waals surface area contributed by atoms with Crippen LogP contribution in [0.1, 0.15) is 43.6 Å². The molecule has 0 bridgehead atoms. The van der Waals surface area contributed by atoms with Crippen LogP contribution in [0.25, 0.3) is 0 Å². The molecule has 2 aromatic rings. The van der Waals surface area contributed by atoms with Gasteiger partial charge in [-0.25, -0.2) is 0 Å². The molecule has 1 N–H and O–H groups in total. The smallest absolute Gasteiger partial charge is 0.136 e. The molecule has 0 spiro atoms. The first-order valence-electron chi connectivity index (χ1n) is 6.80. The highest BCUT2D eigenvalue weighted by Crippen LogP contribution is 2.54. The average molecular weight is 274 g/mol. The van der Waals surface area contributed by atoms with Gasteiger partial charge in [-0.2, -0.15) is 0 Å². The molecule has 0 saturated heterocycles. The van der Waals surface area contributed by atoms with Crippen molar-refractivity contribution in [2.24, 2.45) is 5.92 Å². The molecule has 106 valence electrons. The Balaban J connectivity index is 2.08. The molecule has 0 radical (unpaired) electrons. The normalized spacial score (nSPS) is 33.5. The van der Waals surface area contributed by atoms with E-state index in [0.29, 0.717) is 6.42 Å². The van der Waals surface area contributed by atoms with Gasteiger partial charge in [-0.05, 0) is 44.5 Å². The highest BCUT2D eigenvalue weighted by molar-refractivity contribution is 5.81. The molecule has 2 aromatic heterocycles. The van der Waals surface area contributed by atoms with E-state index in [2.05, 4.69) is 0 Å². The summed E-state index contributed by atoms with van der Waals surface area (Å²) in [5.41, 5.74) is -1.05. The van der Waals surface area contributed by atoms with Crippen molar-refractivity contribution in [1.82, 2.24) is 0 Å². The first-order valence-corrected chi connectivity index (χ1v) is 6.80. The van der Waals surface area contributed by atoms with Crippen LogP contribution in [0.3, 0.4) is 0 Å². The number of carbonyl (C=O) groups excluding carboxylic acids is 1. The number of aliphatic hydroxyl groups is 1. The minimum atomic E-state index is -1.05. The Bertz CT molecular complexity index is 580. The predicted octanol–water partition coefficient (Wildman–Crippen LogP) is 3.10. The summed E-state index contributed by atoms with van der Waals surface area (Å²) >= 11 is 0. The number of rotatable bonds is 3. The van der Waals surface area contributed by atoms with E-state index in [9.17, 15) is 9.90 Å². The van der Waals surface area contributed by atoms with Crippen molar-refractivity contribution in [3.63, 3.8) is 0 Å². The van der Waals surface area contributed by atoms with Gasteiger partial charge in [0.2, 0.25) is 0 Å². The Hall–Kier alpha value is -1.81. The minimum absolute atomic E-state index is 0.0227. The van der Waals surface area contributed by atoms with E-state index < -0.39 is 11.5 Å². The van der Waals surface area contributed by atoms with Gasteiger partial charge in [-0.1, -0.05) is 0 Å². The van der Waals surface area contributed by atoms with Crippen LogP contribution in [-0.2, 0) is 4.79 Å². The monoisotopic (exact) mass is 274 g/mol. The van der Waals surface area contributed by atoms with Gasteiger partial charge in [0.1, 0.15) is 17.3 Å². The molecule has 20 heavy (non-hydrogen) atoms. The largest absolute Gasteiger partial charge is 0.469 e. The number of carbonyl (C=O) groups is 1. The summed E-state index contributed by atoms with van der Waals surface area (Å²) in [7, 11) is 0. The highest BCUT2D eigenvalue weighted by Gasteiger charge is 2.54. The Morgan fingerprint density at radius 1 is 1.25 bits per heavy atom. The Kier molecular flexibility index (Phi) is 3.05. The summed E-state index contributed by atoms with van der Waals surface area (Å²) < 4.78 is 11.0. The summed E-state index contributed by atoms with van der Waals surface area (Å²) in [6.07, 6.45) is 3.69. The van der Waals surface area contributed by atoms with Crippen molar-refractivity contribution in [2.75, 3.05) is 0 Å². The summed E-state index contributed by atoms with van der Waals surface area (Å²) in [4.78, 5) is 12.1. The van der Waals surface area contributed by atoms with Crippen molar-refractivity contribution >= 4 is 5.78 Å². The first kappa shape index (κ1) is 13.2. The zero-order valence-corrected chi connectivity index (χ0v) is 11.6. The second kappa shape index (κ2) is 4.63. The van der Waals surface area contributed by atoms with Crippen molar-refractivity contribution in [2.45, 2.75) is 37.7 Å². The maximum atomic E-state index is 12.1. The lowest BCUT2D eigenvalue weighted by molar-refractivity contribution is -0.127. The number of hydrogen-bond acceptors (Lipinski definition) is 4. The van der Waals surface area contributed by atoms with Crippen molar-refractivity contribution in [3.05, 3.63) is 48.3 Å². The van der Waals surface area contributed by atoms with Crippen molar-refractivity contribution in [3.8, 4) is 0 Å². The molecule has 3 rings (SSSR count). The number of Topliss-reactive ketones (excluding diaryl/α,β-unsaturated/α-hetero) is 1. The van der Waals surface area contributed by atoms with Gasteiger partial charge < -0.3 is 13.9 Å². The van der Waals surface area contributed by atoms with Crippen LogP contribution in [0.4, 0.5) is 0 Å². The van der Waals surface area contributed by atoms with E-state index in [4.69, 9.17) is 8.83 Å². The summed E-state index contributed by atoms with van der Waals surface area (Å²) in [6.45, 7) is 3.25. The second-order valence-corrected chi connectivity index (χ2v) is 5.81. The molecule has 4 nitrogen and oxygen atoms in total. The molecule has 1 fully saturated rings. The molecule has 4 atom stereocenters. The second-order valence-electron chi connectivity index (χ2n) is 5.81. The molecule has 0 aromatic carbocycles. The molecule has 0 amide bonds. The fraction of sp³-hybridized carbons (Fsp3) is 0.438. The maximum Gasteiger partial charge on any atom is 0.136 e. The molecule has 0 unspecified atom stereocenters. The standard InChI is InChI=1S/C16H18O4/c1-10(17)15-14(13-6-4-8-20-13)11(9-16(15,2)18)12-5-3-7-19-12/h3-8,11,14-15,18H,9H2,1-2H3/t11-,14+,15+,16-/m0/s1. The number of furan rings is 2. The van der Waals surface area contributed by atoms with Crippen LogP contribution in [-0.4, -0.2) is 16.5 Å². The molecule has 2 heterocycles. The number of hydrogen-bond donors (Lipinski definition) is 1. The lowest BCUT2D eigenvalue weighted by Crippen LogP contribution is -2.35. The highest BCUT2D eigenvalue weighted by atomic mass is 16.3. The summed E-state index contributed by atoms with van der Waals surface area (Å²) in [6, 6.07) is 7.38. The van der Waals surface area contributed by atoms with Crippen molar-refractivity contribution < 1.29 is 18.7 Å². The zero-order valence-electron chi connectivity index (χ0n) is 11.6. The van der Waals surface area contributed by atoms with Crippen LogP contribution in [0.5, 0.6) is 0 Å². The fourth-order valence-electron chi connectivity index (χ4n) is 3.63. The Labute approximate surface area is 117 Å². The molecule has 1 aliphatic carbocycles. The summed E-state index contributed by atoms with van der Waals surface area (Å²) in [5.74, 6) is 0.762. The van der Waals surface area contributed by atoms with Gasteiger partial charge in [-0.15, -0.1) is 0 Å². The van der Waals surface area contributed by atoms with E-state index in [-0.39, 0.29) is 17.6 Å². The predicted molar refractivity (Wildman–Crippen MR) is 72.3 cm³/mol. The lowest BCUT2D eigenvalue weighted by Gasteiger charge is -2.26. The maximum absolute atomic E-state index is 12.1. The zero-order chi connectivity index (χ0) is 14.3. The van der Waals surface area contributed by atoms with E-state index >= 15 is 0 Å². The van der Waals surface area contributed by atoms with Gasteiger partial charge in [0.15, 0.2) is 0 Å². The molecular formula is C16H18O4. The topological polar surface area (TPSA) is 63.6 Å². The Morgan fingerprint density at radius 2 is 1.85 bits per heavy atom. The summed E-state index contributed by atoms with van der Waals surface area (Å²) in [5, 5.41) is 10.7. The van der Waals surface area contributed by atoms with Gasteiger partial charge in [0.05, 0.1) is 24.0 Å². The van der Waals surface area contributed by atoms with E-state index in [1.165, 1.54) is 6.92 Å². The molecule has 1 saturated carbocycles. The molecule has 4 heteroatoms. The van der Waals surface area contributed by atoms with Crippen LogP contribution in [0.15, 0.2) is 45.6 Å². The van der Waals surface area contributed by atoms with Crippen LogP contribution < -0.4 is 0 Å². The Morgan fingerprint density at radius 3 is 2.35 bits per heavy atom. The van der Waals surface area contributed by atoms with E-state index in [1.807, 2.05) is 18.2 Å². The van der Waals surface area contributed by atoms with Gasteiger partial charge >= 0.3 is 0 Å². The number of ketones is 1. The van der Waals surface area contributed by atoms with Gasteiger partial charge in [0, 0.05) is 11.8 Å². The molecule has 0 aliphatic heterocycles.